The van der Waals surface area contributed by atoms with Crippen LogP contribution in [0, 0.1) is 0 Å². The minimum absolute atomic E-state index is 0. The fourth-order valence-corrected chi connectivity index (χ4v) is 0. The number of rotatable bonds is 0. The molecule has 0 aliphatic carbocycles. The minimum atomic E-state index is 0. The van der Waals surface area contributed by atoms with Gasteiger partial charge in [0.1, 0.15) is 0 Å². The molecule has 0 saturated heterocycles. The van der Waals surface area contributed by atoms with Gasteiger partial charge in [0.15, 0.2) is 0 Å². The van der Waals surface area contributed by atoms with Crippen molar-refractivity contribution in [1.82, 2.24) is 0 Å². The van der Waals surface area contributed by atoms with Crippen LogP contribution in [0.5, 0.6) is 0 Å². The van der Waals surface area contributed by atoms with Crippen molar-refractivity contribution < 1.29 is 259 Å². The van der Waals surface area contributed by atoms with Gasteiger partial charge in [-0.15, -0.1) is 37.2 Å². The molecule has 0 aliphatic rings. The zero-order valence-electron chi connectivity index (χ0n) is 9.78. The van der Waals surface area contributed by atoms with Gasteiger partial charge in [-0.2, -0.15) is 9.90 Å². The molecule has 1 unspecified atom stereocenters. The molecule has 0 rings (SSSR count). The Balaban J connectivity index is 0. The molecule has 20 heavy (non-hydrogen) atoms. The molecule has 0 amide bonds. The van der Waals surface area contributed by atoms with E-state index in [2.05, 4.69) is 0 Å². The maximum atomic E-state index is 0. The van der Waals surface area contributed by atoms with Crippen LogP contribution in [0.25, 0.3) is 0 Å². The van der Waals surface area contributed by atoms with Gasteiger partial charge in [-0.25, -0.2) is 0 Å². The van der Waals surface area contributed by atoms with Gasteiger partial charge < -0.3 is 124 Å². The van der Waals surface area contributed by atoms with Crippen molar-refractivity contribution in [3.8, 4) is 0 Å². The van der Waals surface area contributed by atoms with E-state index in [-0.39, 0.29) is 343 Å². The van der Waals surface area contributed by atoms with Gasteiger partial charge in [-0.05, 0) is 0 Å². The van der Waals surface area contributed by atoms with Crippen LogP contribution < -0.4 is 205 Å². The Morgan fingerprint density at radius 1 is 0.450 bits per heavy atom. The summed E-state index contributed by atoms with van der Waals surface area (Å²) in [4.78, 5) is 0. The van der Waals surface area contributed by atoms with Crippen molar-refractivity contribution in [2.75, 3.05) is 0 Å². The average molecular weight is 785 g/mol. The van der Waals surface area contributed by atoms with Gasteiger partial charge in [-0.3, -0.25) is 0 Å². The molecule has 0 bridgehead atoms. The maximum absolute atomic E-state index is 0. The summed E-state index contributed by atoms with van der Waals surface area (Å²) in [5, 5.41) is 0. The Morgan fingerprint density at radius 2 is 0.450 bits per heavy atom. The van der Waals surface area contributed by atoms with E-state index in [9.17, 15) is 0 Å². The zero-order valence-corrected chi connectivity index (χ0v) is 33.5. The molecule has 0 aromatic carbocycles. The first-order valence-electron chi connectivity index (χ1n) is 0. The molecule has 1 radical (unpaired) electrons. The third-order valence-electron chi connectivity index (χ3n) is 0. The molecular weight excluding hydrogens is 779 g/mol. The van der Waals surface area contributed by atoms with Gasteiger partial charge in [0.05, 0.1) is 0 Å². The Kier molecular flexibility index (Phi) is 3010. The first-order chi connectivity index (χ1) is 0. The molecule has 1 atom stereocenters. The van der Waals surface area contributed by atoms with Crippen LogP contribution in [0.15, 0.2) is 0 Å². The Labute approximate surface area is 335 Å². The van der Waals surface area contributed by atoms with E-state index in [1.807, 2.05) is 0 Å². The standard InChI is InChI=1S/Ca.13ClH.Cu.Fe.K.Na.H3P.Zn/h;13*1H;;;;;1H3;/q+2;;;;;;;;;;;;;;2*+2;2*+1;;+2/p-10. The van der Waals surface area contributed by atoms with Crippen LogP contribution in [-0.4, -0.2) is 37.7 Å². The second kappa shape index (κ2) is 233. The monoisotopic (exact) mass is 776 g/mol. The van der Waals surface area contributed by atoms with E-state index < -0.39 is 0 Å². The van der Waals surface area contributed by atoms with E-state index in [1.54, 1.807) is 0 Å². The normalized spacial score (nSPS) is 0. The van der Waals surface area contributed by atoms with Crippen molar-refractivity contribution >= 4 is 84.9 Å². The SMILES string of the molecule is Cl.Cl.Cl.P.[Ca+2].[Cl-].[Cl-].[Cl-].[Cl-].[Cl-].[Cl-].[Cl-].[Cl-].[Cl-].[Cl-].[Cu+2].[Fe+2].[K+].[Na+].[Zn+2]. The third-order valence-corrected chi connectivity index (χ3v) is 0. The molecule has 0 nitrogen and oxygen atoms in total. The third kappa shape index (κ3) is 209. The van der Waals surface area contributed by atoms with Crippen molar-refractivity contribution in [3.05, 3.63) is 0 Å². The number of halogens is 13. The molecule has 0 saturated carbocycles. The molecule has 127 valence electrons. The molecule has 20 heteroatoms. The van der Waals surface area contributed by atoms with Gasteiger partial charge in [0.25, 0.3) is 0 Å². The molecule has 0 spiro atoms. The summed E-state index contributed by atoms with van der Waals surface area (Å²) in [5.74, 6) is 0. The van der Waals surface area contributed by atoms with Crippen molar-refractivity contribution in [2.45, 2.75) is 0 Å². The van der Waals surface area contributed by atoms with Crippen LogP contribution in [0.2, 0.25) is 0 Å². The number of hydrogen-bond donors (Lipinski definition) is 0. The van der Waals surface area contributed by atoms with Crippen molar-refractivity contribution in [3.63, 3.8) is 0 Å². The Bertz CT molecular complexity index is 38.3. The van der Waals surface area contributed by atoms with Crippen LogP contribution in [0.4, 0.5) is 0 Å². The number of hydrogen-bond acceptors (Lipinski definition) is 0. The van der Waals surface area contributed by atoms with Crippen LogP contribution >= 0.6 is 47.1 Å². The first kappa shape index (κ1) is 258. The summed E-state index contributed by atoms with van der Waals surface area (Å²) in [5.41, 5.74) is 0. The van der Waals surface area contributed by atoms with Crippen LogP contribution in [0.1, 0.15) is 0 Å². The summed E-state index contributed by atoms with van der Waals surface area (Å²) >= 11 is 0. The van der Waals surface area contributed by atoms with Crippen LogP contribution in [-0.2, 0) is 53.6 Å². The van der Waals surface area contributed by atoms with Gasteiger partial charge >= 0.3 is 172 Å². The summed E-state index contributed by atoms with van der Waals surface area (Å²) in [6, 6.07) is 0. The Morgan fingerprint density at radius 3 is 0.450 bits per heavy atom. The van der Waals surface area contributed by atoms with Crippen LogP contribution in [0.3, 0.4) is 0 Å². The van der Waals surface area contributed by atoms with Gasteiger partial charge in [0.2, 0.25) is 0 Å². The molecule has 0 aromatic heterocycles. The van der Waals surface area contributed by atoms with E-state index >= 15 is 0 Å². The fraction of sp³-hybridized carbons (Fsp3) is 0. The predicted molar refractivity (Wildman–Crippen MR) is 38.6 cm³/mol. The molecule has 0 N–H and O–H groups in total. The molecule has 0 aliphatic heterocycles. The summed E-state index contributed by atoms with van der Waals surface area (Å²) < 4.78 is 0. The second-order valence-corrected chi connectivity index (χ2v) is 0. The van der Waals surface area contributed by atoms with Crippen molar-refractivity contribution in [2.24, 2.45) is 0 Å². The first-order valence-corrected chi connectivity index (χ1v) is 0. The maximum Gasteiger partial charge on any atom is 2.00 e. The second-order valence-electron chi connectivity index (χ2n) is 0. The van der Waals surface area contributed by atoms with E-state index in [0.717, 1.165) is 0 Å². The molecular formula is H6CaCl13CuFeKNaPZn. The molecule has 0 fully saturated rings. The summed E-state index contributed by atoms with van der Waals surface area (Å²) in [7, 11) is 0. The predicted octanol–water partition coefficient (Wildman–Crippen LogP) is -35.0. The topological polar surface area (TPSA) is 0 Å². The van der Waals surface area contributed by atoms with E-state index in [1.165, 1.54) is 0 Å². The molecule has 0 heterocycles. The Hall–Kier alpha value is 9.76. The van der Waals surface area contributed by atoms with E-state index in [4.69, 9.17) is 0 Å². The largest absolute Gasteiger partial charge is 2.00 e. The minimum Gasteiger partial charge on any atom is -1.00 e. The zero-order chi connectivity index (χ0) is 0. The van der Waals surface area contributed by atoms with E-state index in [0.29, 0.717) is 0 Å². The average Bonchev–Trinajstić information content (AvgIpc) is 0. The fourth-order valence-electron chi connectivity index (χ4n) is 0. The van der Waals surface area contributed by atoms with Gasteiger partial charge in [0, 0.05) is 0 Å². The molecule has 0 aromatic rings. The summed E-state index contributed by atoms with van der Waals surface area (Å²) in [6.07, 6.45) is 0. The van der Waals surface area contributed by atoms with Crippen molar-refractivity contribution in [1.29, 1.82) is 0 Å². The summed E-state index contributed by atoms with van der Waals surface area (Å²) in [6.45, 7) is 0. The van der Waals surface area contributed by atoms with Gasteiger partial charge in [-0.1, -0.05) is 0 Å². The smallest absolute Gasteiger partial charge is 1.00 e. The quantitative estimate of drug-likeness (QED) is 0.170.